The molecule has 0 saturated carbocycles. The number of unbranched alkanes of at least 4 members (excludes halogenated alkanes) is 40. The number of carbonyl (C=O) groups excluding carboxylic acids is 4. The lowest BCUT2D eigenvalue weighted by Crippen LogP contribution is -2.30. The third-order valence-electron chi connectivity index (χ3n) is 19.0. The number of carbonyl (C=O) groups is 4. The van der Waals surface area contributed by atoms with Crippen LogP contribution in [0.5, 0.6) is 0 Å². The molecule has 0 saturated heterocycles. The highest BCUT2D eigenvalue weighted by atomic mass is 31.2. The molecule has 3 N–H and O–H groups in total. The summed E-state index contributed by atoms with van der Waals surface area (Å²) in [6.45, 7) is 14.2. The summed E-state index contributed by atoms with van der Waals surface area (Å²) in [5.41, 5.74) is 0. The molecule has 17 nitrogen and oxygen atoms in total. The molecule has 98 heavy (non-hydrogen) atoms. The first-order valence-corrected chi connectivity index (χ1v) is 43.8. The Kier molecular flexibility index (Phi) is 66.8. The molecule has 0 heterocycles. The van der Waals surface area contributed by atoms with E-state index in [0.717, 1.165) is 120 Å². The van der Waals surface area contributed by atoms with E-state index in [2.05, 4.69) is 55.4 Å². The first kappa shape index (κ1) is 96.1. The highest BCUT2D eigenvalue weighted by molar-refractivity contribution is 7.47. The molecule has 0 aliphatic heterocycles. The molecule has 0 bridgehead atoms. The minimum Gasteiger partial charge on any atom is -0.462 e. The molecule has 0 aromatic heterocycles. The molecule has 0 rings (SSSR count). The van der Waals surface area contributed by atoms with Gasteiger partial charge in [0, 0.05) is 25.7 Å². The Morgan fingerprint density at radius 3 is 0.724 bits per heavy atom. The summed E-state index contributed by atoms with van der Waals surface area (Å²) in [4.78, 5) is 72.9. The number of aliphatic hydroxyl groups is 1. The van der Waals surface area contributed by atoms with E-state index in [1.807, 2.05) is 0 Å². The van der Waals surface area contributed by atoms with Gasteiger partial charge < -0.3 is 33.8 Å². The quantitative estimate of drug-likeness (QED) is 0.0222. The van der Waals surface area contributed by atoms with Gasteiger partial charge in [0.25, 0.3) is 0 Å². The Labute approximate surface area is 600 Å². The van der Waals surface area contributed by atoms with Gasteiger partial charge in [0.2, 0.25) is 0 Å². The molecule has 0 aliphatic rings. The van der Waals surface area contributed by atoms with Crippen molar-refractivity contribution in [3.05, 3.63) is 0 Å². The lowest BCUT2D eigenvalue weighted by Gasteiger charge is -2.21. The fraction of sp³-hybridized carbons (Fsp3) is 0.949. The number of aliphatic hydroxyl groups excluding tert-OH is 1. The van der Waals surface area contributed by atoms with Crippen LogP contribution in [-0.4, -0.2) is 96.7 Å². The number of rotatable bonds is 76. The molecule has 7 atom stereocenters. The van der Waals surface area contributed by atoms with Crippen LogP contribution >= 0.6 is 15.6 Å². The van der Waals surface area contributed by atoms with E-state index in [9.17, 15) is 43.2 Å². The fourth-order valence-electron chi connectivity index (χ4n) is 12.0. The van der Waals surface area contributed by atoms with E-state index in [0.29, 0.717) is 25.7 Å². The van der Waals surface area contributed by atoms with E-state index >= 15 is 0 Å². The number of hydrogen-bond donors (Lipinski definition) is 3. The van der Waals surface area contributed by atoms with Crippen molar-refractivity contribution in [2.45, 2.75) is 420 Å². The van der Waals surface area contributed by atoms with Crippen molar-refractivity contribution < 1.29 is 80.2 Å². The predicted molar refractivity (Wildman–Crippen MR) is 400 cm³/mol. The topological polar surface area (TPSA) is 237 Å². The first-order chi connectivity index (χ1) is 47.2. The van der Waals surface area contributed by atoms with Gasteiger partial charge in [0.1, 0.15) is 19.3 Å². The van der Waals surface area contributed by atoms with E-state index < -0.39 is 97.5 Å². The standard InChI is InChI=1S/C79H154O17P2/c1-9-71(7)57-49-41-33-27-21-17-14-15-19-23-29-36-46-54-61-78(83)95-74(65-89-76(81)59-51-43-34-30-24-26-32-40-48-56-70(5)6)67-93-97(85,86)91-63-73(80)64-92-98(87,88)94-68-75(66-90-77(82)60-52-44-38-37-42-50-58-72(8)10-2)96-79(84)62-53-45-35-28-22-18-13-11-12-16-20-25-31-39-47-55-69(3)4/h69-75,80H,9-68H2,1-8H3,(H,85,86)(H,87,88)/t71?,72?,73-,74-,75-/m1/s1. The molecule has 0 aromatic carbocycles. The second-order valence-electron chi connectivity index (χ2n) is 29.9. The third kappa shape index (κ3) is 69.8. The molecule has 0 amide bonds. The van der Waals surface area contributed by atoms with Crippen LogP contribution in [-0.2, 0) is 65.4 Å². The van der Waals surface area contributed by atoms with Gasteiger partial charge in [-0.1, -0.05) is 351 Å². The first-order valence-electron chi connectivity index (χ1n) is 40.8. The Hall–Kier alpha value is -1.94. The van der Waals surface area contributed by atoms with Crippen LogP contribution in [0, 0.1) is 23.7 Å². The summed E-state index contributed by atoms with van der Waals surface area (Å²) in [7, 11) is -9.92. The minimum absolute atomic E-state index is 0.106. The Morgan fingerprint density at radius 2 is 0.490 bits per heavy atom. The average Bonchev–Trinajstić information content (AvgIpc) is 0.933. The maximum Gasteiger partial charge on any atom is 0.472 e. The molecule has 582 valence electrons. The monoisotopic (exact) mass is 1440 g/mol. The Morgan fingerprint density at radius 1 is 0.286 bits per heavy atom. The number of phosphoric acid groups is 2. The largest absolute Gasteiger partial charge is 0.472 e. The van der Waals surface area contributed by atoms with Crippen molar-refractivity contribution in [1.82, 2.24) is 0 Å². The van der Waals surface area contributed by atoms with Gasteiger partial charge in [0.05, 0.1) is 26.4 Å². The zero-order chi connectivity index (χ0) is 72.4. The summed E-state index contributed by atoms with van der Waals surface area (Å²) in [6, 6.07) is 0. The summed E-state index contributed by atoms with van der Waals surface area (Å²) in [6.07, 6.45) is 54.1. The zero-order valence-electron chi connectivity index (χ0n) is 64.4. The molecule has 4 unspecified atom stereocenters. The fourth-order valence-corrected chi connectivity index (χ4v) is 13.6. The average molecular weight is 1440 g/mol. The molecule has 0 spiro atoms. The van der Waals surface area contributed by atoms with Gasteiger partial charge in [-0.05, 0) is 49.4 Å². The molecule has 0 radical (unpaired) electrons. The number of phosphoric ester groups is 2. The van der Waals surface area contributed by atoms with E-state index in [-0.39, 0.29) is 25.7 Å². The molecule has 19 heteroatoms. The summed E-state index contributed by atoms with van der Waals surface area (Å²) >= 11 is 0. The SMILES string of the molecule is CCC(C)CCCCCCCCCCCCCCCCC(=O)O[C@H](COC(=O)CCCCCCCCCCCC(C)C)COP(=O)(O)OC[C@@H](O)COP(=O)(O)OC[C@@H](COC(=O)CCCCCCCCC(C)CC)OC(=O)CCCCCCCCCCCCCCCCCC(C)C. The lowest BCUT2D eigenvalue weighted by atomic mass is 9.99. The minimum atomic E-state index is -4.96. The van der Waals surface area contributed by atoms with Crippen LogP contribution < -0.4 is 0 Å². The molecular formula is C79H154O17P2. The van der Waals surface area contributed by atoms with Crippen LogP contribution in [0.25, 0.3) is 0 Å². The van der Waals surface area contributed by atoms with E-state index in [1.54, 1.807) is 0 Å². The highest BCUT2D eigenvalue weighted by Gasteiger charge is 2.30. The van der Waals surface area contributed by atoms with Gasteiger partial charge >= 0.3 is 39.5 Å². The van der Waals surface area contributed by atoms with Crippen molar-refractivity contribution in [1.29, 1.82) is 0 Å². The highest BCUT2D eigenvalue weighted by Crippen LogP contribution is 2.45. The zero-order valence-corrected chi connectivity index (χ0v) is 66.2. The van der Waals surface area contributed by atoms with Gasteiger partial charge in [-0.3, -0.25) is 37.3 Å². The number of ether oxygens (including phenoxy) is 4. The maximum absolute atomic E-state index is 13.1. The Bertz CT molecular complexity index is 1920. The van der Waals surface area contributed by atoms with Crippen molar-refractivity contribution in [2.24, 2.45) is 23.7 Å². The smallest absolute Gasteiger partial charge is 0.462 e. The normalized spacial score (nSPS) is 14.6. The predicted octanol–water partition coefficient (Wildman–Crippen LogP) is 23.2. The maximum atomic E-state index is 13.1. The number of hydrogen-bond acceptors (Lipinski definition) is 15. The lowest BCUT2D eigenvalue weighted by molar-refractivity contribution is -0.161. The Balaban J connectivity index is 5.23. The van der Waals surface area contributed by atoms with Gasteiger partial charge in [-0.25, -0.2) is 9.13 Å². The van der Waals surface area contributed by atoms with Crippen LogP contribution in [0.4, 0.5) is 0 Å². The third-order valence-corrected chi connectivity index (χ3v) is 20.9. The van der Waals surface area contributed by atoms with E-state index in [4.69, 9.17) is 37.0 Å². The van der Waals surface area contributed by atoms with Crippen LogP contribution in [0.1, 0.15) is 402 Å². The van der Waals surface area contributed by atoms with Gasteiger partial charge in [-0.15, -0.1) is 0 Å². The molecule has 0 fully saturated rings. The van der Waals surface area contributed by atoms with Crippen molar-refractivity contribution in [2.75, 3.05) is 39.6 Å². The second-order valence-corrected chi connectivity index (χ2v) is 32.8. The van der Waals surface area contributed by atoms with Gasteiger partial charge in [0.15, 0.2) is 12.2 Å². The van der Waals surface area contributed by atoms with Crippen molar-refractivity contribution in [3.8, 4) is 0 Å². The van der Waals surface area contributed by atoms with Crippen molar-refractivity contribution in [3.63, 3.8) is 0 Å². The summed E-state index contributed by atoms with van der Waals surface area (Å²) in [5.74, 6) is 1.01. The molecule has 0 aromatic rings. The summed E-state index contributed by atoms with van der Waals surface area (Å²) in [5, 5.41) is 10.6. The van der Waals surface area contributed by atoms with Crippen LogP contribution in [0.2, 0.25) is 0 Å². The number of esters is 4. The van der Waals surface area contributed by atoms with E-state index in [1.165, 1.54) is 199 Å². The van der Waals surface area contributed by atoms with Gasteiger partial charge in [-0.2, -0.15) is 0 Å². The molecule has 0 aliphatic carbocycles. The summed E-state index contributed by atoms with van der Waals surface area (Å²) < 4.78 is 68.6. The van der Waals surface area contributed by atoms with Crippen molar-refractivity contribution >= 4 is 39.5 Å². The molecular weight excluding hydrogens is 1280 g/mol. The second kappa shape index (κ2) is 68.2. The van der Waals surface area contributed by atoms with Crippen LogP contribution in [0.3, 0.4) is 0 Å². The van der Waals surface area contributed by atoms with Crippen LogP contribution in [0.15, 0.2) is 0 Å².